The first kappa shape index (κ1) is 13.3. The minimum Gasteiger partial charge on any atom is -0.331 e. The average Bonchev–Trinajstić information content (AvgIpc) is 2.82. The fourth-order valence-corrected chi connectivity index (χ4v) is 1.89. The van der Waals surface area contributed by atoms with E-state index in [2.05, 4.69) is 9.97 Å². The third-order valence-corrected chi connectivity index (χ3v) is 3.00. The van der Waals surface area contributed by atoms with Crippen LogP contribution in [0.5, 0.6) is 0 Å². The van der Waals surface area contributed by atoms with E-state index in [1.807, 2.05) is 37.9 Å². The molecular weight excluding hydrogens is 240 g/mol. The first-order valence-corrected chi connectivity index (χ1v) is 6.25. The third kappa shape index (κ3) is 2.99. The second-order valence-corrected chi connectivity index (χ2v) is 4.78. The van der Waals surface area contributed by atoms with Gasteiger partial charge in [-0.05, 0) is 25.5 Å². The van der Waals surface area contributed by atoms with Gasteiger partial charge in [0.25, 0.3) is 5.91 Å². The zero-order valence-corrected chi connectivity index (χ0v) is 11.4. The summed E-state index contributed by atoms with van der Waals surface area (Å²) < 4.78 is 1.74. The Morgan fingerprint density at radius 2 is 2.16 bits per heavy atom. The Labute approximate surface area is 112 Å². The van der Waals surface area contributed by atoms with Gasteiger partial charge in [0.05, 0.1) is 12.5 Å². The van der Waals surface area contributed by atoms with Gasteiger partial charge in [0.1, 0.15) is 5.69 Å². The smallest absolute Gasteiger partial charge is 0.272 e. The van der Waals surface area contributed by atoms with Crippen molar-refractivity contribution in [2.45, 2.75) is 26.4 Å². The molecule has 0 atom stereocenters. The molecule has 2 heterocycles. The van der Waals surface area contributed by atoms with Crippen molar-refractivity contribution < 1.29 is 4.79 Å². The van der Waals surface area contributed by atoms with E-state index >= 15 is 0 Å². The molecule has 0 spiro atoms. The van der Waals surface area contributed by atoms with E-state index < -0.39 is 0 Å². The standard InChI is InChI=1S/C14H18N4O/c1-11(2)18(9-12-5-4-6-15-7-12)14(19)13-8-16-10-17(13)3/h4-8,10-11H,9H2,1-3H3. The average molecular weight is 258 g/mol. The molecule has 1 amide bonds. The number of carbonyl (C=O) groups is 1. The van der Waals surface area contributed by atoms with E-state index in [4.69, 9.17) is 0 Å². The van der Waals surface area contributed by atoms with Crippen molar-refractivity contribution in [1.29, 1.82) is 0 Å². The number of aromatic nitrogens is 3. The number of imidazole rings is 1. The van der Waals surface area contributed by atoms with Crippen LogP contribution in [0.15, 0.2) is 37.1 Å². The lowest BCUT2D eigenvalue weighted by Gasteiger charge is -2.26. The molecule has 0 aliphatic heterocycles. The second-order valence-electron chi connectivity index (χ2n) is 4.78. The van der Waals surface area contributed by atoms with Gasteiger partial charge in [-0.2, -0.15) is 0 Å². The van der Waals surface area contributed by atoms with Gasteiger partial charge < -0.3 is 9.47 Å². The monoisotopic (exact) mass is 258 g/mol. The van der Waals surface area contributed by atoms with E-state index in [-0.39, 0.29) is 11.9 Å². The van der Waals surface area contributed by atoms with Gasteiger partial charge in [-0.15, -0.1) is 0 Å². The molecule has 19 heavy (non-hydrogen) atoms. The van der Waals surface area contributed by atoms with Crippen molar-refractivity contribution in [2.75, 3.05) is 0 Å². The Morgan fingerprint density at radius 3 is 2.68 bits per heavy atom. The molecule has 0 aromatic carbocycles. The van der Waals surface area contributed by atoms with Crippen LogP contribution in [-0.2, 0) is 13.6 Å². The predicted octanol–water partition coefficient (Wildman–Crippen LogP) is 1.87. The van der Waals surface area contributed by atoms with Crippen LogP contribution in [0.1, 0.15) is 29.9 Å². The largest absolute Gasteiger partial charge is 0.331 e. The normalized spacial score (nSPS) is 10.7. The summed E-state index contributed by atoms with van der Waals surface area (Å²) in [5.41, 5.74) is 1.62. The molecule has 0 saturated carbocycles. The molecule has 0 fully saturated rings. The Kier molecular flexibility index (Phi) is 3.94. The van der Waals surface area contributed by atoms with E-state index in [0.717, 1.165) is 5.56 Å². The Hall–Kier alpha value is -2.17. The predicted molar refractivity (Wildman–Crippen MR) is 72.5 cm³/mol. The van der Waals surface area contributed by atoms with Crippen LogP contribution < -0.4 is 0 Å². The second kappa shape index (κ2) is 5.65. The molecule has 2 aromatic heterocycles. The Morgan fingerprint density at radius 1 is 1.37 bits per heavy atom. The van der Waals surface area contributed by atoms with Gasteiger partial charge in [0, 0.05) is 32.0 Å². The number of pyridine rings is 1. The number of amides is 1. The van der Waals surface area contributed by atoms with Gasteiger partial charge in [-0.3, -0.25) is 9.78 Å². The number of nitrogens with zero attached hydrogens (tertiary/aromatic N) is 4. The molecule has 0 N–H and O–H groups in total. The number of rotatable bonds is 4. The zero-order chi connectivity index (χ0) is 13.8. The molecule has 2 rings (SSSR count). The van der Waals surface area contributed by atoms with Gasteiger partial charge >= 0.3 is 0 Å². The maximum absolute atomic E-state index is 12.5. The molecule has 100 valence electrons. The fourth-order valence-electron chi connectivity index (χ4n) is 1.89. The lowest BCUT2D eigenvalue weighted by molar-refractivity contribution is 0.0680. The molecule has 0 radical (unpaired) electrons. The van der Waals surface area contributed by atoms with Crippen LogP contribution in [0.4, 0.5) is 0 Å². The SMILES string of the molecule is CC(C)N(Cc1cccnc1)C(=O)c1cncn1C. The quantitative estimate of drug-likeness (QED) is 0.841. The summed E-state index contributed by atoms with van der Waals surface area (Å²) in [6, 6.07) is 3.96. The lowest BCUT2D eigenvalue weighted by atomic mass is 10.2. The molecule has 5 heteroatoms. The molecular formula is C14H18N4O. The first-order chi connectivity index (χ1) is 9.09. The molecule has 0 saturated heterocycles. The summed E-state index contributed by atoms with van der Waals surface area (Å²) in [5.74, 6) is -0.0150. The maximum atomic E-state index is 12.5. The van der Waals surface area contributed by atoms with Crippen LogP contribution in [0.2, 0.25) is 0 Å². The van der Waals surface area contributed by atoms with Crippen LogP contribution in [-0.4, -0.2) is 31.4 Å². The third-order valence-electron chi connectivity index (χ3n) is 3.00. The molecule has 0 unspecified atom stereocenters. The Bertz CT molecular complexity index is 548. The number of hydrogen-bond donors (Lipinski definition) is 0. The fraction of sp³-hybridized carbons (Fsp3) is 0.357. The van der Waals surface area contributed by atoms with E-state index in [1.54, 1.807) is 29.5 Å². The van der Waals surface area contributed by atoms with Crippen LogP contribution in [0, 0.1) is 0 Å². The number of hydrogen-bond acceptors (Lipinski definition) is 3. The van der Waals surface area contributed by atoms with Crippen molar-refractivity contribution in [3.63, 3.8) is 0 Å². The van der Waals surface area contributed by atoms with Gasteiger partial charge in [-0.25, -0.2) is 4.98 Å². The highest BCUT2D eigenvalue weighted by Gasteiger charge is 2.21. The van der Waals surface area contributed by atoms with E-state index in [1.165, 1.54) is 0 Å². The molecule has 0 aliphatic rings. The van der Waals surface area contributed by atoms with Crippen molar-refractivity contribution >= 4 is 5.91 Å². The molecule has 0 aliphatic carbocycles. The van der Waals surface area contributed by atoms with Crippen LogP contribution in [0.25, 0.3) is 0 Å². The number of carbonyl (C=O) groups excluding carboxylic acids is 1. The Balaban J connectivity index is 2.22. The summed E-state index contributed by atoms with van der Waals surface area (Å²) >= 11 is 0. The first-order valence-electron chi connectivity index (χ1n) is 6.25. The van der Waals surface area contributed by atoms with E-state index in [0.29, 0.717) is 12.2 Å². The molecule has 0 bridgehead atoms. The van der Waals surface area contributed by atoms with Gasteiger partial charge in [-0.1, -0.05) is 6.07 Å². The highest BCUT2D eigenvalue weighted by Crippen LogP contribution is 2.12. The van der Waals surface area contributed by atoms with Crippen molar-refractivity contribution in [3.05, 3.63) is 48.3 Å². The summed E-state index contributed by atoms with van der Waals surface area (Å²) in [7, 11) is 1.82. The van der Waals surface area contributed by atoms with Crippen LogP contribution >= 0.6 is 0 Å². The molecule has 5 nitrogen and oxygen atoms in total. The lowest BCUT2D eigenvalue weighted by Crippen LogP contribution is -2.37. The summed E-state index contributed by atoms with van der Waals surface area (Å²) in [6.45, 7) is 4.56. The summed E-state index contributed by atoms with van der Waals surface area (Å²) in [5, 5.41) is 0. The summed E-state index contributed by atoms with van der Waals surface area (Å²) in [4.78, 5) is 22.4. The molecule has 2 aromatic rings. The van der Waals surface area contributed by atoms with Crippen LogP contribution in [0.3, 0.4) is 0 Å². The van der Waals surface area contributed by atoms with Crippen molar-refractivity contribution in [3.8, 4) is 0 Å². The maximum Gasteiger partial charge on any atom is 0.272 e. The van der Waals surface area contributed by atoms with Gasteiger partial charge in [0.2, 0.25) is 0 Å². The van der Waals surface area contributed by atoms with Crippen molar-refractivity contribution in [1.82, 2.24) is 19.4 Å². The zero-order valence-electron chi connectivity index (χ0n) is 11.4. The number of aryl methyl sites for hydroxylation is 1. The highest BCUT2D eigenvalue weighted by molar-refractivity contribution is 5.92. The highest BCUT2D eigenvalue weighted by atomic mass is 16.2. The summed E-state index contributed by atoms with van der Waals surface area (Å²) in [6.07, 6.45) is 6.74. The van der Waals surface area contributed by atoms with Crippen molar-refractivity contribution in [2.24, 2.45) is 7.05 Å². The minimum absolute atomic E-state index is 0.0150. The minimum atomic E-state index is -0.0150. The topological polar surface area (TPSA) is 51.0 Å². The van der Waals surface area contributed by atoms with Gasteiger partial charge in [0.15, 0.2) is 0 Å². The van der Waals surface area contributed by atoms with E-state index in [9.17, 15) is 4.79 Å².